The Hall–Kier alpha value is -1.25. The molecule has 0 bridgehead atoms. The van der Waals surface area contributed by atoms with Crippen LogP contribution in [0.15, 0.2) is 25.2 Å². The molecule has 0 N–H and O–H groups in total. The standard InChI is InChI=1S/C8H12N2O/c1-4-9-5-6-10(7(9)2)8(3)11/h4-7H,1H2,2-3H3. The molecule has 1 unspecified atom stereocenters. The van der Waals surface area contributed by atoms with Crippen LogP contribution in [0.5, 0.6) is 0 Å². The summed E-state index contributed by atoms with van der Waals surface area (Å²) in [6, 6.07) is 0. The second-order valence-corrected chi connectivity index (χ2v) is 2.49. The molecule has 1 amide bonds. The van der Waals surface area contributed by atoms with Crippen molar-refractivity contribution in [2.24, 2.45) is 0 Å². The molecular weight excluding hydrogens is 140 g/mol. The summed E-state index contributed by atoms with van der Waals surface area (Å²) in [5.74, 6) is 0.0538. The summed E-state index contributed by atoms with van der Waals surface area (Å²) in [4.78, 5) is 14.5. The third-order valence-corrected chi connectivity index (χ3v) is 1.81. The van der Waals surface area contributed by atoms with Gasteiger partial charge in [-0.25, -0.2) is 0 Å². The van der Waals surface area contributed by atoms with Crippen LogP contribution in [0.1, 0.15) is 13.8 Å². The van der Waals surface area contributed by atoms with Crippen molar-refractivity contribution in [3.8, 4) is 0 Å². The Morgan fingerprint density at radius 2 is 2.27 bits per heavy atom. The maximum Gasteiger partial charge on any atom is 0.225 e. The molecule has 0 aromatic rings. The van der Waals surface area contributed by atoms with Crippen LogP contribution < -0.4 is 0 Å². The zero-order chi connectivity index (χ0) is 8.43. The van der Waals surface area contributed by atoms with Gasteiger partial charge in [-0.2, -0.15) is 0 Å². The molecule has 1 heterocycles. The van der Waals surface area contributed by atoms with Crippen LogP contribution in [-0.2, 0) is 4.79 Å². The molecule has 1 aliphatic rings. The van der Waals surface area contributed by atoms with Gasteiger partial charge < -0.3 is 4.90 Å². The van der Waals surface area contributed by atoms with Gasteiger partial charge >= 0.3 is 0 Å². The van der Waals surface area contributed by atoms with Crippen LogP contribution >= 0.6 is 0 Å². The fraction of sp³-hybridized carbons (Fsp3) is 0.375. The average Bonchev–Trinajstić information content (AvgIpc) is 2.30. The first-order valence-corrected chi connectivity index (χ1v) is 3.54. The summed E-state index contributed by atoms with van der Waals surface area (Å²) in [6.45, 7) is 7.12. The number of carbonyl (C=O) groups is 1. The van der Waals surface area contributed by atoms with E-state index in [2.05, 4.69) is 6.58 Å². The number of hydrogen-bond acceptors (Lipinski definition) is 2. The fourth-order valence-electron chi connectivity index (χ4n) is 1.12. The molecule has 0 aromatic heterocycles. The van der Waals surface area contributed by atoms with Gasteiger partial charge in [0.25, 0.3) is 0 Å². The molecule has 1 aliphatic heterocycles. The first kappa shape index (κ1) is 7.85. The summed E-state index contributed by atoms with van der Waals surface area (Å²) in [6.07, 6.45) is 5.36. The van der Waals surface area contributed by atoms with Gasteiger partial charge in [0.1, 0.15) is 6.17 Å². The van der Waals surface area contributed by atoms with Crippen LogP contribution in [0.4, 0.5) is 0 Å². The van der Waals surface area contributed by atoms with Crippen molar-refractivity contribution in [2.45, 2.75) is 20.0 Å². The molecule has 0 radical (unpaired) electrons. The molecule has 0 spiro atoms. The minimum absolute atomic E-state index is 0.0538. The zero-order valence-corrected chi connectivity index (χ0v) is 6.82. The van der Waals surface area contributed by atoms with E-state index in [0.717, 1.165) is 0 Å². The van der Waals surface area contributed by atoms with E-state index in [1.54, 1.807) is 24.2 Å². The summed E-state index contributed by atoms with van der Waals surface area (Å²) in [5.41, 5.74) is 0. The predicted octanol–water partition coefficient (Wildman–Crippen LogP) is 1.11. The SMILES string of the molecule is C=CN1C=CN(C(C)=O)C1C. The van der Waals surface area contributed by atoms with Crippen molar-refractivity contribution in [3.05, 3.63) is 25.2 Å². The van der Waals surface area contributed by atoms with E-state index in [1.165, 1.54) is 0 Å². The number of hydrogen-bond donors (Lipinski definition) is 0. The van der Waals surface area contributed by atoms with Crippen molar-refractivity contribution in [2.75, 3.05) is 0 Å². The third kappa shape index (κ3) is 1.27. The van der Waals surface area contributed by atoms with Crippen LogP contribution in [0.25, 0.3) is 0 Å². The van der Waals surface area contributed by atoms with E-state index in [1.807, 2.05) is 18.0 Å². The fourth-order valence-corrected chi connectivity index (χ4v) is 1.12. The lowest BCUT2D eigenvalue weighted by Crippen LogP contribution is -2.35. The van der Waals surface area contributed by atoms with Crippen LogP contribution in [0.2, 0.25) is 0 Å². The number of rotatable bonds is 1. The lowest BCUT2D eigenvalue weighted by Gasteiger charge is -2.24. The largest absolute Gasteiger partial charge is 0.333 e. The Bertz CT molecular complexity index is 210. The summed E-state index contributed by atoms with van der Waals surface area (Å²) in [5, 5.41) is 0. The number of amides is 1. The Kier molecular flexibility index (Phi) is 1.98. The van der Waals surface area contributed by atoms with Gasteiger partial charge in [-0.1, -0.05) is 6.58 Å². The van der Waals surface area contributed by atoms with E-state index in [4.69, 9.17) is 0 Å². The molecule has 1 atom stereocenters. The Labute approximate surface area is 66.6 Å². The van der Waals surface area contributed by atoms with Gasteiger partial charge in [-0.05, 0) is 13.1 Å². The number of carbonyl (C=O) groups excluding carboxylic acids is 1. The molecule has 3 nitrogen and oxygen atoms in total. The Balaban J connectivity index is 2.70. The molecular formula is C8H12N2O. The van der Waals surface area contributed by atoms with E-state index in [9.17, 15) is 4.79 Å². The van der Waals surface area contributed by atoms with Gasteiger partial charge in [0.2, 0.25) is 5.91 Å². The highest BCUT2D eigenvalue weighted by atomic mass is 16.2. The molecule has 11 heavy (non-hydrogen) atoms. The van der Waals surface area contributed by atoms with Crippen molar-refractivity contribution in [3.63, 3.8) is 0 Å². The highest BCUT2D eigenvalue weighted by Crippen LogP contribution is 2.14. The summed E-state index contributed by atoms with van der Waals surface area (Å²) >= 11 is 0. The maximum absolute atomic E-state index is 10.9. The topological polar surface area (TPSA) is 23.6 Å². The molecule has 0 fully saturated rings. The third-order valence-electron chi connectivity index (χ3n) is 1.81. The Morgan fingerprint density at radius 3 is 2.55 bits per heavy atom. The lowest BCUT2D eigenvalue weighted by molar-refractivity contribution is -0.128. The van der Waals surface area contributed by atoms with Gasteiger partial charge in [0.05, 0.1) is 0 Å². The first-order chi connectivity index (χ1) is 5.16. The van der Waals surface area contributed by atoms with Crippen molar-refractivity contribution in [1.29, 1.82) is 0 Å². The van der Waals surface area contributed by atoms with Crippen molar-refractivity contribution in [1.82, 2.24) is 9.80 Å². The van der Waals surface area contributed by atoms with Gasteiger partial charge in [-0.15, -0.1) is 0 Å². The van der Waals surface area contributed by atoms with Crippen LogP contribution in [-0.4, -0.2) is 21.9 Å². The monoisotopic (exact) mass is 152 g/mol. The average molecular weight is 152 g/mol. The molecule has 1 rings (SSSR count). The first-order valence-electron chi connectivity index (χ1n) is 3.54. The molecule has 0 aromatic carbocycles. The lowest BCUT2D eigenvalue weighted by atomic mass is 10.4. The molecule has 0 aliphatic carbocycles. The van der Waals surface area contributed by atoms with E-state index in [0.29, 0.717) is 0 Å². The van der Waals surface area contributed by atoms with Crippen molar-refractivity contribution < 1.29 is 4.79 Å². The second kappa shape index (κ2) is 2.78. The van der Waals surface area contributed by atoms with Gasteiger partial charge in [0, 0.05) is 19.3 Å². The molecule has 3 heteroatoms. The minimum Gasteiger partial charge on any atom is -0.333 e. The number of nitrogens with zero attached hydrogens (tertiary/aromatic N) is 2. The van der Waals surface area contributed by atoms with Crippen molar-refractivity contribution >= 4 is 5.91 Å². The predicted molar refractivity (Wildman–Crippen MR) is 43.2 cm³/mol. The summed E-state index contributed by atoms with van der Waals surface area (Å²) < 4.78 is 0. The van der Waals surface area contributed by atoms with E-state index >= 15 is 0 Å². The van der Waals surface area contributed by atoms with E-state index in [-0.39, 0.29) is 12.1 Å². The molecule has 0 saturated carbocycles. The maximum atomic E-state index is 10.9. The van der Waals surface area contributed by atoms with E-state index < -0.39 is 0 Å². The smallest absolute Gasteiger partial charge is 0.225 e. The molecule has 0 saturated heterocycles. The van der Waals surface area contributed by atoms with Crippen LogP contribution in [0, 0.1) is 0 Å². The zero-order valence-electron chi connectivity index (χ0n) is 6.82. The Morgan fingerprint density at radius 1 is 1.64 bits per heavy atom. The minimum atomic E-state index is 0.0538. The highest BCUT2D eigenvalue weighted by Gasteiger charge is 2.22. The normalized spacial score (nSPS) is 22.5. The highest BCUT2D eigenvalue weighted by molar-refractivity contribution is 5.75. The second-order valence-electron chi connectivity index (χ2n) is 2.49. The quantitative estimate of drug-likeness (QED) is 0.562. The van der Waals surface area contributed by atoms with Gasteiger partial charge in [0.15, 0.2) is 0 Å². The summed E-state index contributed by atoms with van der Waals surface area (Å²) in [7, 11) is 0. The molecule has 60 valence electrons. The van der Waals surface area contributed by atoms with Gasteiger partial charge in [-0.3, -0.25) is 9.69 Å². The van der Waals surface area contributed by atoms with Crippen LogP contribution in [0.3, 0.4) is 0 Å².